The van der Waals surface area contributed by atoms with Crippen LogP contribution < -0.4 is 18.9 Å². The molecular weight excluding hydrogens is 219 g/mol. The van der Waals surface area contributed by atoms with Crippen molar-refractivity contribution in [1.29, 1.82) is 5.26 Å². The molecule has 0 fully saturated rings. The van der Waals surface area contributed by atoms with Gasteiger partial charge in [-0.1, -0.05) is 24.3 Å². The number of aliphatic imine (C=N–C) groups is 1. The molecule has 0 amide bonds. The van der Waals surface area contributed by atoms with E-state index in [0.717, 1.165) is 0 Å². The molecule has 0 aliphatic carbocycles. The molecule has 18 heavy (non-hydrogen) atoms. The molecule has 2 aromatic rings. The number of phenolic OH excluding ortho intramolecular Hbond substituents is 1. The number of nitrogens with zero attached hydrogens (tertiary/aromatic N) is 2. The quantitative estimate of drug-likeness (QED) is 0.583. The van der Waals surface area contributed by atoms with Crippen molar-refractivity contribution in [3.05, 3.63) is 59.7 Å². The van der Waals surface area contributed by atoms with Crippen molar-refractivity contribution in [2.75, 3.05) is 0 Å². The maximum atomic E-state index is 9.56. The molecule has 0 spiro atoms. The summed E-state index contributed by atoms with van der Waals surface area (Å²) in [4.78, 5) is 4.20. The normalized spacial score (nSPS) is 9.72. The monoisotopic (exact) mass is 229 g/mol. The van der Waals surface area contributed by atoms with E-state index in [1.807, 2.05) is 12.1 Å². The van der Waals surface area contributed by atoms with Crippen LogP contribution in [0.3, 0.4) is 0 Å². The van der Waals surface area contributed by atoms with Crippen LogP contribution in [-0.4, -0.2) is 11.3 Å². The molecule has 0 aliphatic heterocycles. The molecule has 2 rings (SSSR count). The van der Waals surface area contributed by atoms with E-state index in [9.17, 15) is 5.11 Å². The van der Waals surface area contributed by atoms with Crippen molar-refractivity contribution >= 4 is 11.9 Å². The standard InChI is InChI=1S/C14H10N2O.Li/c15-9-11-5-1-3-7-13(11)16-10-12-6-2-4-8-14(12)17;/h1-8,10,17H;/q;+1/b16-10-;. The zero-order valence-corrected chi connectivity index (χ0v) is 10.0. The van der Waals surface area contributed by atoms with Crippen LogP contribution in [0.5, 0.6) is 5.75 Å². The van der Waals surface area contributed by atoms with Gasteiger partial charge >= 0.3 is 18.9 Å². The first-order valence-corrected chi connectivity index (χ1v) is 5.12. The Bertz CT molecular complexity index is 603. The average Bonchev–Trinajstić information content (AvgIpc) is 2.38. The summed E-state index contributed by atoms with van der Waals surface area (Å²) in [6, 6.07) is 16.1. The van der Waals surface area contributed by atoms with Crippen molar-refractivity contribution in [3.8, 4) is 11.8 Å². The van der Waals surface area contributed by atoms with Crippen molar-refractivity contribution < 1.29 is 24.0 Å². The first kappa shape index (κ1) is 14.1. The molecule has 0 atom stereocenters. The summed E-state index contributed by atoms with van der Waals surface area (Å²) in [6.45, 7) is 0. The molecule has 0 aliphatic rings. The Morgan fingerprint density at radius 1 is 1.06 bits per heavy atom. The second-order valence-electron chi connectivity index (χ2n) is 3.45. The summed E-state index contributed by atoms with van der Waals surface area (Å²) in [6.07, 6.45) is 1.55. The Hall–Kier alpha value is -2.00. The van der Waals surface area contributed by atoms with Crippen LogP contribution in [0.15, 0.2) is 53.5 Å². The van der Waals surface area contributed by atoms with Gasteiger partial charge < -0.3 is 5.11 Å². The van der Waals surface area contributed by atoms with Crippen LogP contribution in [0.25, 0.3) is 0 Å². The van der Waals surface area contributed by atoms with E-state index in [-0.39, 0.29) is 24.6 Å². The molecule has 0 saturated heterocycles. The Kier molecular flexibility index (Phi) is 5.21. The third kappa shape index (κ3) is 3.24. The number of phenols is 1. The minimum absolute atomic E-state index is 0. The molecular formula is C14H10LiN2O+. The van der Waals surface area contributed by atoms with E-state index in [0.29, 0.717) is 16.8 Å². The van der Waals surface area contributed by atoms with Gasteiger partial charge in [-0.2, -0.15) is 5.26 Å². The smallest absolute Gasteiger partial charge is 0.507 e. The van der Waals surface area contributed by atoms with Gasteiger partial charge in [0, 0.05) is 11.8 Å². The van der Waals surface area contributed by atoms with E-state index in [2.05, 4.69) is 11.1 Å². The summed E-state index contributed by atoms with van der Waals surface area (Å²) >= 11 is 0. The van der Waals surface area contributed by atoms with Gasteiger partial charge in [-0.05, 0) is 24.3 Å². The van der Waals surface area contributed by atoms with Gasteiger partial charge in [-0.3, -0.25) is 4.99 Å². The van der Waals surface area contributed by atoms with E-state index >= 15 is 0 Å². The summed E-state index contributed by atoms with van der Waals surface area (Å²) in [7, 11) is 0. The van der Waals surface area contributed by atoms with Crippen LogP contribution in [0.4, 0.5) is 5.69 Å². The molecule has 0 unspecified atom stereocenters. The summed E-state index contributed by atoms with van der Waals surface area (Å²) in [5, 5.41) is 18.5. The molecule has 2 aromatic carbocycles. The van der Waals surface area contributed by atoms with Crippen LogP contribution >= 0.6 is 0 Å². The molecule has 0 radical (unpaired) electrons. The number of rotatable bonds is 2. The Balaban J connectivity index is 0.00000162. The Morgan fingerprint density at radius 3 is 2.44 bits per heavy atom. The molecule has 0 bridgehead atoms. The van der Waals surface area contributed by atoms with Crippen LogP contribution in [-0.2, 0) is 0 Å². The largest absolute Gasteiger partial charge is 1.00 e. The molecule has 1 N–H and O–H groups in total. The fraction of sp³-hybridized carbons (Fsp3) is 0. The minimum Gasteiger partial charge on any atom is -0.507 e. The van der Waals surface area contributed by atoms with E-state index < -0.39 is 0 Å². The first-order valence-electron chi connectivity index (χ1n) is 5.12. The maximum absolute atomic E-state index is 9.56. The topological polar surface area (TPSA) is 56.4 Å². The molecule has 0 saturated carbocycles. The molecule has 0 heterocycles. The van der Waals surface area contributed by atoms with Gasteiger partial charge in [-0.15, -0.1) is 0 Å². The molecule has 0 aromatic heterocycles. The fourth-order valence-corrected chi connectivity index (χ4v) is 1.42. The van der Waals surface area contributed by atoms with Crippen LogP contribution in [0.1, 0.15) is 11.1 Å². The number of hydrogen-bond acceptors (Lipinski definition) is 3. The van der Waals surface area contributed by atoms with Crippen molar-refractivity contribution in [3.63, 3.8) is 0 Å². The van der Waals surface area contributed by atoms with Gasteiger partial charge in [-0.25, -0.2) is 0 Å². The van der Waals surface area contributed by atoms with Crippen LogP contribution in [0, 0.1) is 11.3 Å². The van der Waals surface area contributed by atoms with Crippen molar-refractivity contribution in [2.45, 2.75) is 0 Å². The van der Waals surface area contributed by atoms with E-state index in [4.69, 9.17) is 5.26 Å². The summed E-state index contributed by atoms with van der Waals surface area (Å²) in [5.41, 5.74) is 1.73. The zero-order valence-electron chi connectivity index (χ0n) is 10.0. The predicted octanol–water partition coefficient (Wildman–Crippen LogP) is 0.0185. The average molecular weight is 229 g/mol. The third-order valence-corrected chi connectivity index (χ3v) is 2.30. The third-order valence-electron chi connectivity index (χ3n) is 2.30. The van der Waals surface area contributed by atoms with Crippen molar-refractivity contribution in [1.82, 2.24) is 0 Å². The fourth-order valence-electron chi connectivity index (χ4n) is 1.42. The second kappa shape index (κ2) is 6.66. The predicted molar refractivity (Wildman–Crippen MR) is 66.5 cm³/mol. The molecule has 3 nitrogen and oxygen atoms in total. The number of benzene rings is 2. The minimum atomic E-state index is 0. The molecule has 4 heteroatoms. The van der Waals surface area contributed by atoms with Crippen molar-refractivity contribution in [2.24, 2.45) is 4.99 Å². The Morgan fingerprint density at radius 2 is 1.72 bits per heavy atom. The van der Waals surface area contributed by atoms with E-state index in [1.165, 1.54) is 0 Å². The first-order chi connectivity index (χ1) is 8.31. The van der Waals surface area contributed by atoms with E-state index in [1.54, 1.807) is 42.6 Å². The zero-order chi connectivity index (χ0) is 12.1. The SMILES string of the molecule is N#Cc1ccccc1/N=C\c1ccccc1O.[Li+]. The summed E-state index contributed by atoms with van der Waals surface area (Å²) < 4.78 is 0. The van der Waals surface area contributed by atoms with Gasteiger partial charge in [0.2, 0.25) is 0 Å². The van der Waals surface area contributed by atoms with Gasteiger partial charge in [0.1, 0.15) is 11.8 Å². The number of para-hydroxylation sites is 2. The maximum Gasteiger partial charge on any atom is 1.00 e. The van der Waals surface area contributed by atoms with Crippen LogP contribution in [0.2, 0.25) is 0 Å². The number of hydrogen-bond donors (Lipinski definition) is 1. The van der Waals surface area contributed by atoms with Gasteiger partial charge in [0.15, 0.2) is 0 Å². The van der Waals surface area contributed by atoms with Gasteiger partial charge in [0.25, 0.3) is 0 Å². The molecule has 82 valence electrons. The number of aromatic hydroxyl groups is 1. The summed E-state index contributed by atoms with van der Waals surface area (Å²) in [5.74, 6) is 0.172. The Labute approximate surface area is 118 Å². The second-order valence-corrected chi connectivity index (χ2v) is 3.45. The van der Waals surface area contributed by atoms with Gasteiger partial charge in [0.05, 0.1) is 11.3 Å². The number of nitriles is 1.